The van der Waals surface area contributed by atoms with E-state index in [-0.39, 0.29) is 12.6 Å². The van der Waals surface area contributed by atoms with Crippen molar-refractivity contribution in [3.05, 3.63) is 65.2 Å². The Morgan fingerprint density at radius 3 is 2.68 bits per heavy atom. The summed E-state index contributed by atoms with van der Waals surface area (Å²) < 4.78 is 5.12. The van der Waals surface area contributed by atoms with Gasteiger partial charge < -0.3 is 20.5 Å². The van der Waals surface area contributed by atoms with Crippen molar-refractivity contribution in [3.63, 3.8) is 0 Å². The predicted octanol–water partition coefficient (Wildman–Crippen LogP) is 2.37. The van der Waals surface area contributed by atoms with Gasteiger partial charge in [0, 0.05) is 6.54 Å². The molecule has 0 heterocycles. The van der Waals surface area contributed by atoms with E-state index in [2.05, 4.69) is 10.6 Å². The van der Waals surface area contributed by atoms with Gasteiger partial charge >= 0.3 is 6.03 Å². The number of benzene rings is 2. The molecule has 5 heteroatoms. The van der Waals surface area contributed by atoms with Crippen molar-refractivity contribution in [2.75, 3.05) is 20.2 Å². The number of hydrogen-bond donors (Lipinski definition) is 3. The number of aliphatic hydroxyl groups is 1. The van der Waals surface area contributed by atoms with Gasteiger partial charge in [-0.3, -0.25) is 0 Å². The highest BCUT2D eigenvalue weighted by molar-refractivity contribution is 5.74. The van der Waals surface area contributed by atoms with Crippen molar-refractivity contribution in [3.8, 4) is 5.75 Å². The SMILES string of the molecule is COc1ccc(CCNC(=O)NC[C@]2(O)CCc3ccccc32)cc1. The van der Waals surface area contributed by atoms with E-state index in [1.165, 1.54) is 0 Å². The Morgan fingerprint density at radius 2 is 1.92 bits per heavy atom. The lowest BCUT2D eigenvalue weighted by atomic mass is 9.96. The molecule has 0 saturated heterocycles. The highest BCUT2D eigenvalue weighted by Gasteiger charge is 2.36. The van der Waals surface area contributed by atoms with E-state index < -0.39 is 5.60 Å². The van der Waals surface area contributed by atoms with E-state index in [0.717, 1.165) is 35.3 Å². The molecule has 0 saturated carbocycles. The molecule has 1 aliphatic rings. The Morgan fingerprint density at radius 1 is 1.16 bits per heavy atom. The number of hydrogen-bond acceptors (Lipinski definition) is 3. The van der Waals surface area contributed by atoms with Crippen LogP contribution in [0.15, 0.2) is 48.5 Å². The van der Waals surface area contributed by atoms with Crippen LogP contribution in [-0.4, -0.2) is 31.3 Å². The summed E-state index contributed by atoms with van der Waals surface area (Å²) in [5.41, 5.74) is 2.24. The zero-order valence-electron chi connectivity index (χ0n) is 14.4. The molecule has 0 aliphatic heterocycles. The molecule has 3 N–H and O–H groups in total. The monoisotopic (exact) mass is 340 g/mol. The molecule has 2 aromatic rings. The number of fused-ring (bicyclic) bond motifs is 1. The summed E-state index contributed by atoms with van der Waals surface area (Å²) in [6.07, 6.45) is 2.22. The Kier molecular flexibility index (Phi) is 5.24. The fraction of sp³-hybridized carbons (Fsp3) is 0.350. The molecule has 0 fully saturated rings. The van der Waals surface area contributed by atoms with Crippen LogP contribution in [0, 0.1) is 0 Å². The van der Waals surface area contributed by atoms with Crippen molar-refractivity contribution in [2.24, 2.45) is 0 Å². The molecule has 0 unspecified atom stereocenters. The van der Waals surface area contributed by atoms with Gasteiger partial charge in [0.2, 0.25) is 0 Å². The highest BCUT2D eigenvalue weighted by Crippen LogP contribution is 2.36. The number of aryl methyl sites for hydroxylation is 1. The lowest BCUT2D eigenvalue weighted by Gasteiger charge is -2.24. The van der Waals surface area contributed by atoms with Gasteiger partial charge in [-0.15, -0.1) is 0 Å². The summed E-state index contributed by atoms with van der Waals surface area (Å²) in [6.45, 7) is 0.756. The lowest BCUT2D eigenvalue weighted by molar-refractivity contribution is 0.0412. The van der Waals surface area contributed by atoms with Crippen LogP contribution in [-0.2, 0) is 18.4 Å². The van der Waals surface area contributed by atoms with E-state index >= 15 is 0 Å². The van der Waals surface area contributed by atoms with Crippen molar-refractivity contribution in [2.45, 2.75) is 24.9 Å². The van der Waals surface area contributed by atoms with Gasteiger partial charge in [0.15, 0.2) is 0 Å². The molecule has 25 heavy (non-hydrogen) atoms. The largest absolute Gasteiger partial charge is 0.497 e. The molecule has 3 rings (SSSR count). The summed E-state index contributed by atoms with van der Waals surface area (Å²) in [4.78, 5) is 12.0. The number of amides is 2. The zero-order chi connectivity index (χ0) is 17.7. The van der Waals surface area contributed by atoms with E-state index in [1.807, 2.05) is 48.5 Å². The van der Waals surface area contributed by atoms with Gasteiger partial charge in [-0.1, -0.05) is 36.4 Å². The van der Waals surface area contributed by atoms with Crippen molar-refractivity contribution in [1.82, 2.24) is 10.6 Å². The second-order valence-corrected chi connectivity index (χ2v) is 6.40. The average molecular weight is 340 g/mol. The van der Waals surface area contributed by atoms with Crippen LogP contribution in [0.5, 0.6) is 5.75 Å². The molecule has 1 aliphatic carbocycles. The molecule has 0 radical (unpaired) electrons. The molecule has 2 amide bonds. The third kappa shape index (κ3) is 4.12. The molecular weight excluding hydrogens is 316 g/mol. The fourth-order valence-electron chi connectivity index (χ4n) is 3.25. The Hall–Kier alpha value is -2.53. The summed E-state index contributed by atoms with van der Waals surface area (Å²) in [6, 6.07) is 15.4. The van der Waals surface area contributed by atoms with Crippen molar-refractivity contribution >= 4 is 6.03 Å². The minimum Gasteiger partial charge on any atom is -0.497 e. The number of urea groups is 1. The van der Waals surface area contributed by atoms with E-state index in [1.54, 1.807) is 7.11 Å². The van der Waals surface area contributed by atoms with Crippen LogP contribution >= 0.6 is 0 Å². The van der Waals surface area contributed by atoms with E-state index in [9.17, 15) is 9.90 Å². The highest BCUT2D eigenvalue weighted by atomic mass is 16.5. The maximum absolute atomic E-state index is 12.0. The Labute approximate surface area is 148 Å². The smallest absolute Gasteiger partial charge is 0.314 e. The first-order valence-corrected chi connectivity index (χ1v) is 8.56. The molecule has 132 valence electrons. The second-order valence-electron chi connectivity index (χ2n) is 6.40. The number of carbonyl (C=O) groups is 1. The zero-order valence-corrected chi connectivity index (χ0v) is 14.4. The van der Waals surface area contributed by atoms with Gasteiger partial charge in [0.1, 0.15) is 11.4 Å². The van der Waals surface area contributed by atoms with Gasteiger partial charge in [-0.25, -0.2) is 4.79 Å². The van der Waals surface area contributed by atoms with Gasteiger partial charge in [-0.2, -0.15) is 0 Å². The van der Waals surface area contributed by atoms with Gasteiger partial charge in [0.25, 0.3) is 0 Å². The number of rotatable bonds is 6. The molecule has 0 bridgehead atoms. The summed E-state index contributed by atoms with van der Waals surface area (Å²) in [5, 5.41) is 16.4. The lowest BCUT2D eigenvalue weighted by Crippen LogP contribution is -2.44. The number of methoxy groups -OCH3 is 1. The molecule has 1 atom stereocenters. The summed E-state index contributed by atoms with van der Waals surface area (Å²) in [5.74, 6) is 0.819. The Balaban J connectivity index is 1.44. The van der Waals surface area contributed by atoms with Crippen molar-refractivity contribution < 1.29 is 14.6 Å². The molecule has 5 nitrogen and oxygen atoms in total. The van der Waals surface area contributed by atoms with Crippen LogP contribution in [0.4, 0.5) is 4.79 Å². The summed E-state index contributed by atoms with van der Waals surface area (Å²) >= 11 is 0. The number of carbonyl (C=O) groups excluding carboxylic acids is 1. The van der Waals surface area contributed by atoms with Crippen LogP contribution in [0.2, 0.25) is 0 Å². The predicted molar refractivity (Wildman–Crippen MR) is 96.8 cm³/mol. The third-order valence-electron chi connectivity index (χ3n) is 4.73. The number of nitrogens with one attached hydrogen (secondary N) is 2. The van der Waals surface area contributed by atoms with E-state index in [4.69, 9.17) is 4.74 Å². The van der Waals surface area contributed by atoms with Crippen LogP contribution in [0.1, 0.15) is 23.1 Å². The topological polar surface area (TPSA) is 70.6 Å². The van der Waals surface area contributed by atoms with Gasteiger partial charge in [-0.05, 0) is 48.1 Å². The minimum absolute atomic E-state index is 0.221. The first kappa shape index (κ1) is 17.3. The fourth-order valence-corrected chi connectivity index (χ4v) is 3.25. The number of ether oxygens (including phenoxy) is 1. The molecule has 0 aromatic heterocycles. The third-order valence-corrected chi connectivity index (χ3v) is 4.73. The quantitative estimate of drug-likeness (QED) is 0.756. The van der Waals surface area contributed by atoms with Crippen molar-refractivity contribution in [1.29, 1.82) is 0 Å². The maximum atomic E-state index is 12.0. The normalized spacial score (nSPS) is 18.5. The van der Waals surface area contributed by atoms with E-state index in [0.29, 0.717) is 13.0 Å². The maximum Gasteiger partial charge on any atom is 0.314 e. The van der Waals surface area contributed by atoms with Crippen LogP contribution in [0.3, 0.4) is 0 Å². The first-order valence-electron chi connectivity index (χ1n) is 8.56. The second kappa shape index (κ2) is 7.57. The first-order chi connectivity index (χ1) is 12.1. The van der Waals surface area contributed by atoms with Crippen LogP contribution < -0.4 is 15.4 Å². The minimum atomic E-state index is -0.968. The molecular formula is C20H24N2O3. The average Bonchev–Trinajstić information content (AvgIpc) is 2.98. The van der Waals surface area contributed by atoms with Crippen LogP contribution in [0.25, 0.3) is 0 Å². The molecule has 0 spiro atoms. The van der Waals surface area contributed by atoms with Gasteiger partial charge in [0.05, 0.1) is 13.7 Å². The standard InChI is InChI=1S/C20H24N2O3/c1-25-17-8-6-15(7-9-17)11-13-21-19(23)22-14-20(24)12-10-16-4-2-3-5-18(16)20/h2-9,24H,10-14H2,1H3,(H2,21,22,23)/t20-/m1/s1. The molecule has 2 aromatic carbocycles. The summed E-state index contributed by atoms with van der Waals surface area (Å²) in [7, 11) is 1.64. The Bertz CT molecular complexity index is 730.